The molecule has 4 heteroatoms. The van der Waals surface area contributed by atoms with E-state index >= 15 is 0 Å². The molecule has 28 heavy (non-hydrogen) atoms. The van der Waals surface area contributed by atoms with Crippen molar-refractivity contribution >= 4 is 5.82 Å². The second-order valence-electron chi connectivity index (χ2n) is 8.79. The van der Waals surface area contributed by atoms with E-state index in [0.29, 0.717) is 17.9 Å². The molecule has 1 spiro atoms. The van der Waals surface area contributed by atoms with Gasteiger partial charge < -0.3 is 10.6 Å². The van der Waals surface area contributed by atoms with Gasteiger partial charge in [-0.15, -0.1) is 0 Å². The molecule has 4 nitrogen and oxygen atoms in total. The van der Waals surface area contributed by atoms with E-state index in [1.165, 1.54) is 42.5 Å². The maximum atomic E-state index is 5.17. The fraction of sp³-hybridized carbons (Fsp3) is 0.542. The Hall–Kier alpha value is -1.91. The standard InChI is InChI=1S/C24H31N4/c1-25-23-10-9-19-21(28-23)8-5-12-24(19)16-26-15-20(24)22-14-18(11-13-27-22)17-6-3-2-4-7-17/h2-4,6-7,9-10,18,20,22,26H,5,8,11-16H2,1H3,(H,25,28)/t18?,20-,22?,24-/m0/s1. The smallest absolute Gasteiger partial charge is 0.125 e. The van der Waals surface area contributed by atoms with E-state index in [9.17, 15) is 0 Å². The van der Waals surface area contributed by atoms with Gasteiger partial charge in [-0.2, -0.15) is 0 Å². The van der Waals surface area contributed by atoms with Gasteiger partial charge in [-0.3, -0.25) is 0 Å². The third-order valence-electron chi connectivity index (χ3n) is 7.42. The molecule has 0 saturated carbocycles. The summed E-state index contributed by atoms with van der Waals surface area (Å²) in [5.41, 5.74) is 4.50. The van der Waals surface area contributed by atoms with E-state index in [1.807, 2.05) is 7.05 Å². The molecule has 2 unspecified atom stereocenters. The molecule has 0 bridgehead atoms. The number of hydrogen-bond acceptors (Lipinski definition) is 3. The predicted molar refractivity (Wildman–Crippen MR) is 114 cm³/mol. The van der Waals surface area contributed by atoms with E-state index in [4.69, 9.17) is 10.3 Å². The Morgan fingerprint density at radius 2 is 2.04 bits per heavy atom. The number of piperidine rings is 1. The first kappa shape index (κ1) is 18.1. The minimum atomic E-state index is 0.208. The average molecular weight is 376 g/mol. The van der Waals surface area contributed by atoms with E-state index in [1.54, 1.807) is 0 Å². The Morgan fingerprint density at radius 1 is 1.14 bits per heavy atom. The van der Waals surface area contributed by atoms with E-state index in [-0.39, 0.29) is 5.41 Å². The Bertz CT molecular complexity index is 821. The molecule has 0 amide bonds. The summed E-state index contributed by atoms with van der Waals surface area (Å²) in [7, 11) is 1.96. The summed E-state index contributed by atoms with van der Waals surface area (Å²) < 4.78 is 0. The van der Waals surface area contributed by atoms with Crippen LogP contribution in [0.5, 0.6) is 0 Å². The van der Waals surface area contributed by atoms with Crippen LogP contribution in [0.2, 0.25) is 0 Å². The zero-order chi connectivity index (χ0) is 19.0. The van der Waals surface area contributed by atoms with Crippen molar-refractivity contribution in [3.8, 4) is 0 Å². The third-order valence-corrected chi connectivity index (χ3v) is 7.42. The van der Waals surface area contributed by atoms with Crippen LogP contribution < -0.4 is 16.0 Å². The highest BCUT2D eigenvalue weighted by Gasteiger charge is 2.50. The second kappa shape index (κ2) is 7.49. The van der Waals surface area contributed by atoms with Gasteiger partial charge in [0.05, 0.1) is 0 Å². The van der Waals surface area contributed by atoms with Gasteiger partial charge >= 0.3 is 0 Å². The van der Waals surface area contributed by atoms with Crippen LogP contribution in [-0.4, -0.2) is 37.7 Å². The van der Waals surface area contributed by atoms with Gasteiger partial charge in [0, 0.05) is 43.8 Å². The van der Waals surface area contributed by atoms with E-state index in [2.05, 4.69) is 53.1 Å². The van der Waals surface area contributed by atoms with Crippen LogP contribution in [0.4, 0.5) is 5.82 Å². The molecular weight excluding hydrogens is 344 g/mol. The van der Waals surface area contributed by atoms with Crippen molar-refractivity contribution in [2.24, 2.45) is 5.92 Å². The molecule has 1 aromatic heterocycles. The molecule has 5 rings (SSSR count). The number of hydrogen-bond donors (Lipinski definition) is 2. The average Bonchev–Trinajstić information content (AvgIpc) is 3.18. The quantitative estimate of drug-likeness (QED) is 0.864. The third kappa shape index (κ3) is 3.03. The van der Waals surface area contributed by atoms with Gasteiger partial charge in [0.1, 0.15) is 5.82 Å². The number of pyridine rings is 1. The summed E-state index contributed by atoms with van der Waals surface area (Å²) >= 11 is 0. The first-order chi connectivity index (χ1) is 13.8. The molecule has 1 radical (unpaired) electrons. The normalized spacial score (nSPS) is 32.2. The lowest BCUT2D eigenvalue weighted by molar-refractivity contribution is 0.192. The van der Waals surface area contributed by atoms with Crippen LogP contribution in [0.25, 0.3) is 0 Å². The summed E-state index contributed by atoms with van der Waals surface area (Å²) in [4.78, 5) is 4.92. The SMILES string of the molecule is CNc1ccc2c(n1)CCC[C@]21CNC[C@H]1C1CC(c2ccccc2)CC[N]1. The number of nitrogens with one attached hydrogen (secondary N) is 2. The predicted octanol–water partition coefficient (Wildman–Crippen LogP) is 3.47. The van der Waals surface area contributed by atoms with E-state index in [0.717, 1.165) is 31.9 Å². The lowest BCUT2D eigenvalue weighted by atomic mass is 9.62. The van der Waals surface area contributed by atoms with Gasteiger partial charge in [-0.1, -0.05) is 36.4 Å². The van der Waals surface area contributed by atoms with Crippen molar-refractivity contribution < 1.29 is 0 Å². The molecule has 3 heterocycles. The number of fused-ring (bicyclic) bond motifs is 2. The minimum absolute atomic E-state index is 0.208. The van der Waals surface area contributed by atoms with Gasteiger partial charge in [-0.25, -0.2) is 10.3 Å². The number of benzene rings is 1. The Morgan fingerprint density at radius 3 is 2.89 bits per heavy atom. The van der Waals surface area contributed by atoms with Crippen LogP contribution in [-0.2, 0) is 11.8 Å². The summed E-state index contributed by atoms with van der Waals surface area (Å²) in [6.07, 6.45) is 5.99. The van der Waals surface area contributed by atoms with E-state index < -0.39 is 0 Å². The fourth-order valence-electron chi connectivity index (χ4n) is 6.04. The molecule has 2 N–H and O–H groups in total. The zero-order valence-electron chi connectivity index (χ0n) is 16.8. The van der Waals surface area contributed by atoms with Crippen LogP contribution in [0, 0.1) is 5.92 Å². The topological polar surface area (TPSA) is 51.1 Å². The second-order valence-corrected chi connectivity index (χ2v) is 8.79. The molecule has 2 saturated heterocycles. The summed E-state index contributed by atoms with van der Waals surface area (Å²) in [5.74, 6) is 2.22. The molecule has 3 aliphatic rings. The molecule has 1 aliphatic carbocycles. The van der Waals surface area contributed by atoms with Gasteiger partial charge in [0.15, 0.2) is 0 Å². The lowest BCUT2D eigenvalue weighted by Crippen LogP contribution is -2.49. The number of aromatic nitrogens is 1. The molecule has 1 aromatic carbocycles. The first-order valence-electron chi connectivity index (χ1n) is 10.9. The molecular formula is C24H31N4. The summed E-state index contributed by atoms with van der Waals surface area (Å²) in [5, 5.41) is 12.1. The van der Waals surface area contributed by atoms with Crippen molar-refractivity contribution in [2.75, 3.05) is 32.0 Å². The van der Waals surface area contributed by atoms with Crippen LogP contribution in [0.3, 0.4) is 0 Å². The highest BCUT2D eigenvalue weighted by Crippen LogP contribution is 2.48. The number of nitrogens with zero attached hydrogens (tertiary/aromatic N) is 2. The first-order valence-corrected chi connectivity index (χ1v) is 10.9. The molecule has 2 aliphatic heterocycles. The van der Waals surface area contributed by atoms with Gasteiger partial charge in [-0.05, 0) is 61.1 Å². The Balaban J connectivity index is 1.45. The van der Waals surface area contributed by atoms with Crippen molar-refractivity contribution in [2.45, 2.75) is 49.5 Å². The fourth-order valence-corrected chi connectivity index (χ4v) is 6.04. The molecule has 4 atom stereocenters. The minimum Gasteiger partial charge on any atom is -0.373 e. The highest BCUT2D eigenvalue weighted by molar-refractivity contribution is 5.44. The van der Waals surface area contributed by atoms with Crippen molar-refractivity contribution in [3.63, 3.8) is 0 Å². The van der Waals surface area contributed by atoms with Crippen LogP contribution >= 0.6 is 0 Å². The van der Waals surface area contributed by atoms with Crippen LogP contribution in [0.1, 0.15) is 48.4 Å². The number of aryl methyl sites for hydroxylation is 1. The molecule has 2 aromatic rings. The summed E-state index contributed by atoms with van der Waals surface area (Å²) in [6.45, 7) is 3.16. The van der Waals surface area contributed by atoms with Gasteiger partial charge in [0.2, 0.25) is 0 Å². The molecule has 2 fully saturated rings. The molecule has 147 valence electrons. The maximum Gasteiger partial charge on any atom is 0.125 e. The Kier molecular flexibility index (Phi) is 4.85. The van der Waals surface area contributed by atoms with Crippen molar-refractivity contribution in [3.05, 3.63) is 59.3 Å². The largest absolute Gasteiger partial charge is 0.373 e. The van der Waals surface area contributed by atoms with Crippen LogP contribution in [0.15, 0.2) is 42.5 Å². The van der Waals surface area contributed by atoms with Crippen molar-refractivity contribution in [1.82, 2.24) is 15.6 Å². The summed E-state index contributed by atoms with van der Waals surface area (Å²) in [6, 6.07) is 16.0. The van der Waals surface area contributed by atoms with Gasteiger partial charge in [0.25, 0.3) is 0 Å². The van der Waals surface area contributed by atoms with Crippen molar-refractivity contribution in [1.29, 1.82) is 0 Å². The zero-order valence-corrected chi connectivity index (χ0v) is 16.8. The number of rotatable bonds is 3. The monoisotopic (exact) mass is 375 g/mol. The number of anilines is 1. The maximum absolute atomic E-state index is 5.17. The Labute approximate surface area is 168 Å². The lowest BCUT2D eigenvalue weighted by Gasteiger charge is -2.44. The highest BCUT2D eigenvalue weighted by atomic mass is 15.0.